The second-order valence-corrected chi connectivity index (χ2v) is 8.96. The normalized spacial score (nSPS) is 35.5. The lowest BCUT2D eigenvalue weighted by atomic mass is 9.76. The summed E-state index contributed by atoms with van der Waals surface area (Å²) in [5, 5.41) is 24.7. The Kier molecular flexibility index (Phi) is 5.32. The lowest BCUT2D eigenvalue weighted by Crippen LogP contribution is -2.45. The van der Waals surface area contributed by atoms with Crippen LogP contribution in [-0.2, 0) is 18.9 Å². The summed E-state index contributed by atoms with van der Waals surface area (Å²) in [4.78, 5) is 27.0. The lowest BCUT2D eigenvalue weighted by molar-refractivity contribution is -0.138. The monoisotopic (exact) mass is 457 g/mol. The number of phenolic OH excluding ortho intramolecular Hbond substituents is 1. The Labute approximate surface area is 191 Å². The first-order valence-electron chi connectivity index (χ1n) is 11.1. The summed E-state index contributed by atoms with van der Waals surface area (Å²) in [6.45, 7) is 7.63. The Bertz CT molecular complexity index is 1080. The average molecular weight is 457 g/mol. The molecule has 1 aromatic rings. The number of ether oxygens (including phenoxy) is 4. The molecule has 2 fully saturated rings. The van der Waals surface area contributed by atoms with E-state index < -0.39 is 48.4 Å². The number of ketones is 2. The minimum Gasteiger partial charge on any atom is -0.507 e. The highest BCUT2D eigenvalue weighted by Gasteiger charge is 2.52. The van der Waals surface area contributed by atoms with E-state index in [0.717, 1.165) is 0 Å². The van der Waals surface area contributed by atoms with Crippen molar-refractivity contribution in [1.29, 1.82) is 0 Å². The average Bonchev–Trinajstić information content (AvgIpc) is 3.13. The topological polar surface area (TPSA) is 124 Å². The quantitative estimate of drug-likeness (QED) is 0.623. The number of fused-ring (bicyclic) bond motifs is 3. The molecular formula is C24H27NO8. The highest BCUT2D eigenvalue weighted by Crippen LogP contribution is 2.46. The van der Waals surface area contributed by atoms with Gasteiger partial charge in [-0.25, -0.2) is 0 Å². The molecule has 3 N–H and O–H groups in total. The van der Waals surface area contributed by atoms with Gasteiger partial charge in [0, 0.05) is 29.2 Å². The second kappa shape index (κ2) is 7.95. The van der Waals surface area contributed by atoms with Crippen LogP contribution in [0.3, 0.4) is 0 Å². The maximum absolute atomic E-state index is 13.6. The van der Waals surface area contributed by atoms with Crippen molar-refractivity contribution in [2.45, 2.75) is 57.1 Å². The molecule has 0 bridgehead atoms. The molecule has 9 heteroatoms. The van der Waals surface area contributed by atoms with Gasteiger partial charge in [-0.15, -0.1) is 0 Å². The molecule has 0 amide bonds. The number of hydrogen-bond donors (Lipinski definition) is 3. The smallest absolute Gasteiger partial charge is 0.274 e. The van der Waals surface area contributed by atoms with Crippen molar-refractivity contribution < 1.29 is 38.7 Å². The van der Waals surface area contributed by atoms with Crippen LogP contribution in [0.1, 0.15) is 52.7 Å². The number of aromatic hydroxyl groups is 1. The summed E-state index contributed by atoms with van der Waals surface area (Å²) in [5.41, 5.74) is 0.789. The molecule has 0 saturated carbocycles. The van der Waals surface area contributed by atoms with Gasteiger partial charge in [0.1, 0.15) is 5.75 Å². The fourth-order valence-corrected chi connectivity index (χ4v) is 5.34. The zero-order valence-electron chi connectivity index (χ0n) is 18.7. The van der Waals surface area contributed by atoms with Crippen LogP contribution >= 0.6 is 0 Å². The maximum atomic E-state index is 13.6. The number of aliphatic hydroxyl groups excluding tert-OH is 1. The Morgan fingerprint density at radius 3 is 2.61 bits per heavy atom. The van der Waals surface area contributed by atoms with Crippen LogP contribution in [0.4, 0.5) is 0 Å². The molecule has 33 heavy (non-hydrogen) atoms. The third-order valence-electron chi connectivity index (χ3n) is 6.92. The summed E-state index contributed by atoms with van der Waals surface area (Å²) in [7, 11) is 1.81. The summed E-state index contributed by atoms with van der Waals surface area (Å²) >= 11 is 0. The van der Waals surface area contributed by atoms with Crippen molar-refractivity contribution in [2.75, 3.05) is 13.6 Å². The standard InChI is InChI=1S/C24H27NO8/c1-9-16-18(23-24(31-9)33-11(3)32-23)21(28)14-6-5-13(20(27)17(14)22(16)29)15-7-12(8-25-4)19(26)10(2)30-15/h5-6,9-10,12,15,19,23-27H,3,7-8H2,1-2,4H3/t9-,10-,12+,15?,19-,23-,24-/m1/s1. The molecule has 1 aromatic carbocycles. The first-order chi connectivity index (χ1) is 15.7. The van der Waals surface area contributed by atoms with Crippen molar-refractivity contribution >= 4 is 11.6 Å². The summed E-state index contributed by atoms with van der Waals surface area (Å²) < 4.78 is 22.7. The van der Waals surface area contributed by atoms with Gasteiger partial charge >= 0.3 is 0 Å². The van der Waals surface area contributed by atoms with Crippen molar-refractivity contribution in [3.05, 3.63) is 52.5 Å². The van der Waals surface area contributed by atoms with E-state index in [1.165, 1.54) is 0 Å². The van der Waals surface area contributed by atoms with Crippen LogP contribution < -0.4 is 5.32 Å². The fourth-order valence-electron chi connectivity index (χ4n) is 5.34. The molecule has 0 aromatic heterocycles. The number of hydrogen-bond acceptors (Lipinski definition) is 9. The lowest BCUT2D eigenvalue weighted by Gasteiger charge is -2.39. The van der Waals surface area contributed by atoms with E-state index in [9.17, 15) is 19.8 Å². The van der Waals surface area contributed by atoms with Crippen LogP contribution in [0, 0.1) is 5.92 Å². The predicted molar refractivity (Wildman–Crippen MR) is 115 cm³/mol. The maximum Gasteiger partial charge on any atom is 0.274 e. The number of benzene rings is 1. The Balaban J connectivity index is 1.55. The largest absolute Gasteiger partial charge is 0.507 e. The summed E-state index contributed by atoms with van der Waals surface area (Å²) in [6, 6.07) is 3.15. The number of Topliss-reactive ketones (excluding diaryl/α,β-unsaturated/α-hetero) is 2. The van der Waals surface area contributed by atoms with E-state index >= 15 is 0 Å². The molecule has 0 radical (unpaired) electrons. The number of rotatable bonds is 3. The molecule has 0 spiro atoms. The van der Waals surface area contributed by atoms with Crippen molar-refractivity contribution in [2.24, 2.45) is 5.92 Å². The van der Waals surface area contributed by atoms with Crippen LogP contribution in [0.5, 0.6) is 5.75 Å². The number of phenols is 1. The highest BCUT2D eigenvalue weighted by molar-refractivity contribution is 6.29. The van der Waals surface area contributed by atoms with Gasteiger partial charge in [0.05, 0.1) is 35.6 Å². The van der Waals surface area contributed by atoms with Gasteiger partial charge in [0.15, 0.2) is 17.7 Å². The zero-order chi connectivity index (χ0) is 23.6. The van der Waals surface area contributed by atoms with Gasteiger partial charge in [0.25, 0.3) is 5.95 Å². The van der Waals surface area contributed by atoms with E-state index in [-0.39, 0.29) is 39.9 Å². The van der Waals surface area contributed by atoms with Gasteiger partial charge in [-0.1, -0.05) is 6.07 Å². The molecule has 7 atom stereocenters. The van der Waals surface area contributed by atoms with E-state index in [4.69, 9.17) is 18.9 Å². The minimum absolute atomic E-state index is 0.0251. The molecule has 3 aliphatic heterocycles. The highest BCUT2D eigenvalue weighted by atomic mass is 16.8. The van der Waals surface area contributed by atoms with Crippen molar-refractivity contribution in [1.82, 2.24) is 5.32 Å². The Morgan fingerprint density at radius 2 is 1.88 bits per heavy atom. The molecule has 4 aliphatic rings. The van der Waals surface area contributed by atoms with Crippen LogP contribution in [0.25, 0.3) is 0 Å². The minimum atomic E-state index is -0.888. The molecule has 3 heterocycles. The Hall–Kier alpha value is -2.72. The third kappa shape index (κ3) is 3.30. The number of carbonyl (C=O) groups excluding carboxylic acids is 2. The summed E-state index contributed by atoms with van der Waals surface area (Å²) in [6.07, 6.45) is -3.67. The molecule has 2 saturated heterocycles. The van der Waals surface area contributed by atoms with Gasteiger partial charge in [0.2, 0.25) is 6.29 Å². The van der Waals surface area contributed by atoms with E-state index in [2.05, 4.69) is 11.9 Å². The third-order valence-corrected chi connectivity index (χ3v) is 6.92. The summed E-state index contributed by atoms with van der Waals surface area (Å²) in [5.74, 6) is -1.25. The van der Waals surface area contributed by atoms with Crippen molar-refractivity contribution in [3.63, 3.8) is 0 Å². The second-order valence-electron chi connectivity index (χ2n) is 8.96. The SMILES string of the molecule is C=C1O[C@H]2O[C@H](C)C3=C(C(=O)c4ccc(C5C[C@@H](CNC)[C@H](O)[C@@H](C)O5)c(O)c4C3=O)[C@H]2O1. The van der Waals surface area contributed by atoms with E-state index in [1.54, 1.807) is 33.0 Å². The molecule has 1 aliphatic carbocycles. The van der Waals surface area contributed by atoms with Crippen LogP contribution in [-0.4, -0.2) is 66.1 Å². The van der Waals surface area contributed by atoms with Gasteiger partial charge in [-0.2, -0.15) is 0 Å². The first-order valence-corrected chi connectivity index (χ1v) is 11.1. The molecular weight excluding hydrogens is 430 g/mol. The zero-order valence-corrected chi connectivity index (χ0v) is 18.7. The molecule has 5 rings (SSSR count). The van der Waals surface area contributed by atoms with Gasteiger partial charge in [-0.05, 0) is 40.0 Å². The number of carbonyl (C=O) groups is 2. The number of nitrogens with one attached hydrogen (secondary N) is 1. The van der Waals surface area contributed by atoms with Crippen LogP contribution in [0.15, 0.2) is 35.8 Å². The van der Waals surface area contributed by atoms with E-state index in [1.807, 2.05) is 0 Å². The molecule has 1 unspecified atom stereocenters. The number of aliphatic hydroxyl groups is 1. The van der Waals surface area contributed by atoms with Gasteiger partial charge in [-0.3, -0.25) is 9.59 Å². The predicted octanol–water partition coefficient (Wildman–Crippen LogP) is 1.75. The van der Waals surface area contributed by atoms with Crippen LogP contribution in [0.2, 0.25) is 0 Å². The first kappa shape index (κ1) is 22.1. The molecule has 176 valence electrons. The van der Waals surface area contributed by atoms with Gasteiger partial charge < -0.3 is 34.5 Å². The van der Waals surface area contributed by atoms with Crippen molar-refractivity contribution in [3.8, 4) is 5.75 Å². The molecule has 9 nitrogen and oxygen atoms in total. The fraction of sp³-hybridized carbons (Fsp3) is 0.500. The Morgan fingerprint density at radius 1 is 1.12 bits per heavy atom. The van der Waals surface area contributed by atoms with E-state index in [0.29, 0.717) is 18.5 Å².